The molecule has 1 atom stereocenters. The van der Waals surface area contributed by atoms with E-state index in [1.165, 1.54) is 21.0 Å². The summed E-state index contributed by atoms with van der Waals surface area (Å²) in [6, 6.07) is 12.7. The van der Waals surface area contributed by atoms with Gasteiger partial charge in [-0.05, 0) is 24.0 Å². The summed E-state index contributed by atoms with van der Waals surface area (Å²) in [4.78, 5) is 11.6. The first-order valence-electron chi connectivity index (χ1n) is 8.22. The van der Waals surface area contributed by atoms with E-state index in [-0.39, 0.29) is 21.4 Å². The molecule has 1 fully saturated rings. The fourth-order valence-electron chi connectivity index (χ4n) is 3.41. The molecule has 8 heteroatoms. The van der Waals surface area contributed by atoms with Gasteiger partial charge in [0, 0.05) is 26.2 Å². The summed E-state index contributed by atoms with van der Waals surface area (Å²) in [7, 11) is -2.23. The number of aromatic nitrogens is 1. The van der Waals surface area contributed by atoms with Gasteiger partial charge in [-0.2, -0.15) is 4.31 Å². The van der Waals surface area contributed by atoms with Crippen LogP contribution in [0.1, 0.15) is 17.9 Å². The lowest BCUT2D eigenvalue weighted by atomic mass is 9.99. The first-order valence-corrected chi connectivity index (χ1v) is 10.0. The molecule has 1 aliphatic rings. The van der Waals surface area contributed by atoms with Crippen LogP contribution in [0, 0.1) is 0 Å². The van der Waals surface area contributed by atoms with Gasteiger partial charge < -0.3 is 4.42 Å². The predicted octanol–water partition coefficient (Wildman–Crippen LogP) is 2.96. The van der Waals surface area contributed by atoms with Gasteiger partial charge in [-0.1, -0.05) is 41.9 Å². The third-order valence-corrected chi connectivity index (χ3v) is 7.22. The number of aryl methyl sites for hydroxylation is 1. The van der Waals surface area contributed by atoms with E-state index in [0.717, 1.165) is 12.0 Å². The zero-order chi connectivity index (χ0) is 18.5. The Kier molecular flexibility index (Phi) is 4.17. The second kappa shape index (κ2) is 6.26. The second-order valence-corrected chi connectivity index (χ2v) is 8.75. The minimum absolute atomic E-state index is 0.0327. The smallest absolute Gasteiger partial charge is 0.408 e. The minimum Gasteiger partial charge on any atom is -0.408 e. The fourth-order valence-corrected chi connectivity index (χ4v) is 5.42. The Balaban J connectivity index is 1.70. The summed E-state index contributed by atoms with van der Waals surface area (Å²) in [6.07, 6.45) is 0.753. The monoisotopic (exact) mass is 392 g/mol. The van der Waals surface area contributed by atoms with Crippen LogP contribution in [-0.2, 0) is 17.1 Å². The van der Waals surface area contributed by atoms with E-state index in [2.05, 4.69) is 0 Å². The van der Waals surface area contributed by atoms with Crippen LogP contribution in [0.3, 0.4) is 0 Å². The Labute approximate surface area is 155 Å². The first kappa shape index (κ1) is 17.3. The number of rotatable bonds is 3. The molecule has 136 valence electrons. The zero-order valence-electron chi connectivity index (χ0n) is 14.1. The van der Waals surface area contributed by atoms with Gasteiger partial charge in [0.1, 0.15) is 4.90 Å². The maximum atomic E-state index is 13.1. The van der Waals surface area contributed by atoms with Crippen LogP contribution in [0.5, 0.6) is 0 Å². The van der Waals surface area contributed by atoms with Crippen molar-refractivity contribution in [3.63, 3.8) is 0 Å². The molecule has 0 unspecified atom stereocenters. The highest BCUT2D eigenvalue weighted by molar-refractivity contribution is 7.89. The van der Waals surface area contributed by atoms with Gasteiger partial charge in [0.25, 0.3) is 0 Å². The quantitative estimate of drug-likeness (QED) is 0.687. The standard InChI is InChI=1S/C18H17ClN2O4S/c1-20-15-9-14(19)17(10-16(15)25-18(20)22)26(23,24)21-8-7-13(11-21)12-5-3-2-4-6-12/h2-6,9-10,13H,7-8,11H2,1H3/t13-/m0/s1. The molecule has 0 radical (unpaired) electrons. The average molecular weight is 393 g/mol. The lowest BCUT2D eigenvalue weighted by molar-refractivity contribution is 0.472. The molecule has 0 N–H and O–H groups in total. The SMILES string of the molecule is Cn1c(=O)oc2cc(S(=O)(=O)N3CC[C@H](c4ccccc4)C3)c(Cl)cc21. The largest absolute Gasteiger partial charge is 0.419 e. The number of hydrogen-bond acceptors (Lipinski definition) is 4. The van der Waals surface area contributed by atoms with E-state index in [4.69, 9.17) is 16.0 Å². The molecule has 0 bridgehead atoms. The molecular formula is C18H17ClN2O4S. The van der Waals surface area contributed by atoms with Crippen molar-refractivity contribution < 1.29 is 12.8 Å². The number of nitrogens with zero attached hydrogens (tertiary/aromatic N) is 2. The first-order chi connectivity index (χ1) is 12.4. The molecule has 1 aliphatic heterocycles. The molecule has 1 aromatic heterocycles. The van der Waals surface area contributed by atoms with E-state index in [9.17, 15) is 13.2 Å². The van der Waals surface area contributed by atoms with Crippen molar-refractivity contribution in [2.75, 3.05) is 13.1 Å². The molecule has 4 rings (SSSR count). The van der Waals surface area contributed by atoms with Crippen LogP contribution >= 0.6 is 11.6 Å². The molecular weight excluding hydrogens is 376 g/mol. The summed E-state index contributed by atoms with van der Waals surface area (Å²) in [5.41, 5.74) is 1.79. The Morgan fingerprint density at radius 3 is 2.65 bits per heavy atom. The maximum Gasteiger partial charge on any atom is 0.419 e. The van der Waals surface area contributed by atoms with Gasteiger partial charge >= 0.3 is 5.76 Å². The topological polar surface area (TPSA) is 72.5 Å². The summed E-state index contributed by atoms with van der Waals surface area (Å²) in [6.45, 7) is 0.828. The Morgan fingerprint density at radius 2 is 1.92 bits per heavy atom. The lowest BCUT2D eigenvalue weighted by Crippen LogP contribution is -2.29. The van der Waals surface area contributed by atoms with Crippen LogP contribution in [0.4, 0.5) is 0 Å². The second-order valence-electron chi connectivity index (χ2n) is 6.44. The molecule has 1 saturated heterocycles. The van der Waals surface area contributed by atoms with Crippen LogP contribution in [0.2, 0.25) is 5.02 Å². The van der Waals surface area contributed by atoms with E-state index in [0.29, 0.717) is 18.6 Å². The van der Waals surface area contributed by atoms with Crippen molar-refractivity contribution in [1.82, 2.24) is 8.87 Å². The number of sulfonamides is 1. The van der Waals surface area contributed by atoms with Crippen molar-refractivity contribution in [3.8, 4) is 0 Å². The summed E-state index contributed by atoms with van der Waals surface area (Å²) < 4.78 is 34.0. The van der Waals surface area contributed by atoms with E-state index in [1.807, 2.05) is 30.3 Å². The number of oxazole rings is 1. The Morgan fingerprint density at radius 1 is 1.19 bits per heavy atom. The molecule has 2 aromatic carbocycles. The normalized spacial score (nSPS) is 18.6. The van der Waals surface area contributed by atoms with E-state index < -0.39 is 15.8 Å². The molecule has 26 heavy (non-hydrogen) atoms. The van der Waals surface area contributed by atoms with Crippen LogP contribution in [-0.4, -0.2) is 30.4 Å². The van der Waals surface area contributed by atoms with Gasteiger partial charge in [-0.15, -0.1) is 0 Å². The summed E-state index contributed by atoms with van der Waals surface area (Å²) >= 11 is 6.24. The van der Waals surface area contributed by atoms with Crippen molar-refractivity contribution in [3.05, 3.63) is 63.6 Å². The molecule has 0 saturated carbocycles. The van der Waals surface area contributed by atoms with Crippen molar-refractivity contribution in [2.24, 2.45) is 7.05 Å². The van der Waals surface area contributed by atoms with Gasteiger partial charge in [0.05, 0.1) is 10.5 Å². The molecule has 0 spiro atoms. The zero-order valence-corrected chi connectivity index (χ0v) is 15.6. The van der Waals surface area contributed by atoms with Gasteiger partial charge in [-0.3, -0.25) is 4.57 Å². The van der Waals surface area contributed by atoms with E-state index in [1.54, 1.807) is 7.05 Å². The molecule has 0 aliphatic carbocycles. The van der Waals surface area contributed by atoms with Crippen LogP contribution < -0.4 is 5.76 Å². The minimum atomic E-state index is -3.78. The molecule has 2 heterocycles. The van der Waals surface area contributed by atoms with Crippen molar-refractivity contribution in [1.29, 1.82) is 0 Å². The highest BCUT2D eigenvalue weighted by Gasteiger charge is 2.34. The number of hydrogen-bond donors (Lipinski definition) is 0. The maximum absolute atomic E-state index is 13.1. The third-order valence-electron chi connectivity index (χ3n) is 4.89. The Hall–Kier alpha value is -2.09. The Bertz CT molecular complexity index is 1140. The molecule has 3 aromatic rings. The van der Waals surface area contributed by atoms with E-state index >= 15 is 0 Å². The summed E-state index contributed by atoms with van der Waals surface area (Å²) in [5, 5.41) is 0.0806. The van der Waals surface area contributed by atoms with Crippen LogP contribution in [0.25, 0.3) is 11.1 Å². The number of fused-ring (bicyclic) bond motifs is 1. The summed E-state index contributed by atoms with van der Waals surface area (Å²) in [5.74, 6) is -0.404. The highest BCUT2D eigenvalue weighted by atomic mass is 35.5. The van der Waals surface area contributed by atoms with Crippen molar-refractivity contribution >= 4 is 32.7 Å². The number of halogens is 1. The fraction of sp³-hybridized carbons (Fsp3) is 0.278. The van der Waals surface area contributed by atoms with Gasteiger partial charge in [-0.25, -0.2) is 13.2 Å². The number of benzene rings is 2. The molecule has 6 nitrogen and oxygen atoms in total. The average Bonchev–Trinajstić information content (AvgIpc) is 3.22. The predicted molar refractivity (Wildman–Crippen MR) is 99.0 cm³/mol. The third kappa shape index (κ3) is 2.76. The molecule has 0 amide bonds. The van der Waals surface area contributed by atoms with Gasteiger partial charge in [0.2, 0.25) is 10.0 Å². The van der Waals surface area contributed by atoms with Crippen molar-refractivity contribution in [2.45, 2.75) is 17.2 Å². The van der Waals surface area contributed by atoms with Gasteiger partial charge in [0.15, 0.2) is 5.58 Å². The lowest BCUT2D eigenvalue weighted by Gasteiger charge is -2.17. The highest BCUT2D eigenvalue weighted by Crippen LogP contribution is 2.34. The van der Waals surface area contributed by atoms with Crippen LogP contribution in [0.15, 0.2) is 56.6 Å².